The molecule has 2 aromatic rings. The van der Waals surface area contributed by atoms with Crippen molar-refractivity contribution in [2.45, 2.75) is 0 Å². The standard InChI is InChI=1S/C6H5N3O2/c7-6-8-4(10)3-1-2-11-5(3)9-6/h1-2H,(H3,7,8,9,10). The van der Waals surface area contributed by atoms with Crippen LogP contribution in [0.4, 0.5) is 5.95 Å². The Bertz CT molecular complexity index is 442. The predicted molar refractivity (Wildman–Crippen MR) is 39.0 cm³/mol. The van der Waals surface area contributed by atoms with E-state index in [9.17, 15) is 4.79 Å². The van der Waals surface area contributed by atoms with Crippen LogP contribution >= 0.6 is 0 Å². The van der Waals surface area contributed by atoms with E-state index in [2.05, 4.69) is 9.97 Å². The predicted octanol–water partition coefficient (Wildman–Crippen LogP) is 0.0983. The number of rotatable bonds is 0. The minimum atomic E-state index is -0.277. The van der Waals surface area contributed by atoms with Crippen LogP contribution in [0.1, 0.15) is 0 Å². The molecule has 3 N–H and O–H groups in total. The zero-order valence-corrected chi connectivity index (χ0v) is 5.50. The van der Waals surface area contributed by atoms with Gasteiger partial charge in [-0.15, -0.1) is 0 Å². The molecule has 0 amide bonds. The zero-order chi connectivity index (χ0) is 7.84. The number of fused-ring (bicyclic) bond motifs is 1. The monoisotopic (exact) mass is 151 g/mol. The van der Waals surface area contributed by atoms with Crippen molar-refractivity contribution < 1.29 is 4.42 Å². The van der Waals surface area contributed by atoms with E-state index >= 15 is 0 Å². The number of aromatic amines is 1. The fourth-order valence-electron chi connectivity index (χ4n) is 0.882. The van der Waals surface area contributed by atoms with Crippen LogP contribution in [0.3, 0.4) is 0 Å². The van der Waals surface area contributed by atoms with Gasteiger partial charge in [-0.2, -0.15) is 4.98 Å². The van der Waals surface area contributed by atoms with Crippen molar-refractivity contribution in [1.82, 2.24) is 9.97 Å². The average molecular weight is 151 g/mol. The molecule has 11 heavy (non-hydrogen) atoms. The second kappa shape index (κ2) is 1.85. The van der Waals surface area contributed by atoms with Crippen LogP contribution in [-0.4, -0.2) is 9.97 Å². The van der Waals surface area contributed by atoms with Gasteiger partial charge in [0.05, 0.1) is 6.26 Å². The molecule has 5 nitrogen and oxygen atoms in total. The van der Waals surface area contributed by atoms with Crippen LogP contribution in [0.2, 0.25) is 0 Å². The molecule has 0 aliphatic rings. The Hall–Kier alpha value is -1.78. The molecule has 0 aliphatic heterocycles. The van der Waals surface area contributed by atoms with Crippen LogP contribution in [0.25, 0.3) is 11.1 Å². The number of H-pyrrole nitrogens is 1. The van der Waals surface area contributed by atoms with E-state index in [0.29, 0.717) is 5.39 Å². The molecule has 2 heterocycles. The Morgan fingerprint density at radius 1 is 1.64 bits per heavy atom. The molecule has 0 bridgehead atoms. The Morgan fingerprint density at radius 3 is 3.27 bits per heavy atom. The number of hydrogen-bond donors (Lipinski definition) is 2. The number of furan rings is 1. The van der Waals surface area contributed by atoms with Crippen molar-refractivity contribution in [3.63, 3.8) is 0 Å². The summed E-state index contributed by atoms with van der Waals surface area (Å²) in [5.74, 6) is 0.0671. The number of anilines is 1. The molecule has 5 heteroatoms. The van der Waals surface area contributed by atoms with Gasteiger partial charge >= 0.3 is 0 Å². The summed E-state index contributed by atoms with van der Waals surface area (Å²) < 4.78 is 4.87. The van der Waals surface area contributed by atoms with E-state index in [1.165, 1.54) is 6.26 Å². The first kappa shape index (κ1) is 5.96. The minimum Gasteiger partial charge on any atom is -0.446 e. The highest BCUT2D eigenvalue weighted by Crippen LogP contribution is 2.06. The van der Waals surface area contributed by atoms with Gasteiger partial charge in [0.2, 0.25) is 11.7 Å². The third kappa shape index (κ3) is 0.778. The maximum Gasteiger partial charge on any atom is 0.263 e. The molecule has 2 rings (SSSR count). The number of aromatic nitrogens is 2. The Balaban J connectivity index is 3.02. The van der Waals surface area contributed by atoms with Crippen LogP contribution in [0, 0.1) is 0 Å². The average Bonchev–Trinajstić information content (AvgIpc) is 2.34. The Kier molecular flexibility index (Phi) is 1.00. The number of hydrogen-bond acceptors (Lipinski definition) is 4. The minimum absolute atomic E-state index is 0.0671. The third-order valence-electron chi connectivity index (χ3n) is 1.35. The molecule has 0 saturated carbocycles. The summed E-state index contributed by atoms with van der Waals surface area (Å²) in [7, 11) is 0. The van der Waals surface area contributed by atoms with Gasteiger partial charge in [0.25, 0.3) is 5.56 Å². The van der Waals surface area contributed by atoms with Crippen LogP contribution in [0.15, 0.2) is 21.5 Å². The maximum atomic E-state index is 11.0. The molecule has 0 aromatic carbocycles. The van der Waals surface area contributed by atoms with E-state index in [4.69, 9.17) is 10.2 Å². The highest BCUT2D eigenvalue weighted by Gasteiger charge is 2.02. The van der Waals surface area contributed by atoms with Crippen molar-refractivity contribution in [2.75, 3.05) is 5.73 Å². The normalized spacial score (nSPS) is 10.5. The van der Waals surface area contributed by atoms with Crippen molar-refractivity contribution in [2.24, 2.45) is 0 Å². The summed E-state index contributed by atoms with van der Waals surface area (Å²) in [5.41, 5.74) is 5.25. The highest BCUT2D eigenvalue weighted by molar-refractivity contribution is 5.72. The fourth-order valence-corrected chi connectivity index (χ4v) is 0.882. The van der Waals surface area contributed by atoms with Gasteiger partial charge in [-0.25, -0.2) is 0 Å². The first-order valence-corrected chi connectivity index (χ1v) is 3.00. The van der Waals surface area contributed by atoms with Gasteiger partial charge in [-0.3, -0.25) is 9.78 Å². The lowest BCUT2D eigenvalue weighted by atomic mass is 10.4. The summed E-state index contributed by atoms with van der Waals surface area (Å²) >= 11 is 0. The van der Waals surface area contributed by atoms with E-state index in [0.717, 1.165) is 0 Å². The van der Waals surface area contributed by atoms with E-state index in [1.807, 2.05) is 0 Å². The van der Waals surface area contributed by atoms with Crippen LogP contribution < -0.4 is 11.3 Å². The molecule has 0 fully saturated rings. The molecule has 0 aliphatic carbocycles. The summed E-state index contributed by atoms with van der Waals surface area (Å²) in [5, 5.41) is 0.416. The van der Waals surface area contributed by atoms with Gasteiger partial charge in [0, 0.05) is 0 Å². The van der Waals surface area contributed by atoms with Crippen molar-refractivity contribution >= 4 is 17.0 Å². The molecular weight excluding hydrogens is 146 g/mol. The highest BCUT2D eigenvalue weighted by atomic mass is 16.3. The van der Waals surface area contributed by atoms with Crippen molar-refractivity contribution in [1.29, 1.82) is 0 Å². The van der Waals surface area contributed by atoms with Gasteiger partial charge < -0.3 is 10.2 Å². The largest absolute Gasteiger partial charge is 0.446 e. The summed E-state index contributed by atoms with van der Waals surface area (Å²) in [4.78, 5) is 17.1. The van der Waals surface area contributed by atoms with Gasteiger partial charge in [0.15, 0.2) is 0 Å². The molecule has 56 valence electrons. The zero-order valence-electron chi connectivity index (χ0n) is 5.50. The van der Waals surface area contributed by atoms with Crippen molar-refractivity contribution in [3.8, 4) is 0 Å². The van der Waals surface area contributed by atoms with E-state index in [-0.39, 0.29) is 17.2 Å². The second-order valence-electron chi connectivity index (χ2n) is 2.09. The fraction of sp³-hybridized carbons (Fsp3) is 0. The molecule has 0 radical (unpaired) electrons. The number of nitrogens with one attached hydrogen (secondary N) is 1. The lowest BCUT2D eigenvalue weighted by Crippen LogP contribution is -2.09. The first-order chi connectivity index (χ1) is 5.27. The quantitative estimate of drug-likeness (QED) is 0.559. The smallest absolute Gasteiger partial charge is 0.263 e. The summed E-state index contributed by atoms with van der Waals surface area (Å²) in [6.07, 6.45) is 1.40. The summed E-state index contributed by atoms with van der Waals surface area (Å²) in [6.45, 7) is 0. The lowest BCUT2D eigenvalue weighted by molar-refractivity contribution is 0.603. The first-order valence-electron chi connectivity index (χ1n) is 3.00. The topological polar surface area (TPSA) is 84.9 Å². The molecule has 0 atom stereocenters. The van der Waals surface area contributed by atoms with Gasteiger partial charge in [-0.1, -0.05) is 0 Å². The SMILES string of the molecule is Nc1nc2occc2c(=O)[nH]1. The molecule has 2 aromatic heterocycles. The molecule has 0 spiro atoms. The number of nitrogens with zero attached hydrogens (tertiary/aromatic N) is 1. The molecular formula is C6H5N3O2. The van der Waals surface area contributed by atoms with Gasteiger partial charge in [0.1, 0.15) is 5.39 Å². The maximum absolute atomic E-state index is 11.0. The lowest BCUT2D eigenvalue weighted by Gasteiger charge is -1.89. The number of nitrogens with two attached hydrogens (primary N) is 1. The Labute approximate surface area is 60.8 Å². The van der Waals surface area contributed by atoms with Crippen LogP contribution in [-0.2, 0) is 0 Å². The summed E-state index contributed by atoms with van der Waals surface area (Å²) in [6, 6.07) is 1.54. The Morgan fingerprint density at radius 2 is 2.45 bits per heavy atom. The second-order valence-corrected chi connectivity index (χ2v) is 2.09. The van der Waals surface area contributed by atoms with E-state index in [1.54, 1.807) is 6.07 Å². The third-order valence-corrected chi connectivity index (χ3v) is 1.35. The van der Waals surface area contributed by atoms with E-state index < -0.39 is 0 Å². The molecule has 0 unspecified atom stereocenters. The van der Waals surface area contributed by atoms with Crippen LogP contribution in [0.5, 0.6) is 0 Å². The molecule has 0 saturated heterocycles. The van der Waals surface area contributed by atoms with Gasteiger partial charge in [-0.05, 0) is 6.07 Å². The number of nitrogen functional groups attached to an aromatic ring is 1. The van der Waals surface area contributed by atoms with Crippen molar-refractivity contribution in [3.05, 3.63) is 22.7 Å².